The molecule has 0 aliphatic heterocycles. The second kappa shape index (κ2) is 5.30. The number of halogens is 2. The Morgan fingerprint density at radius 3 is 2.85 bits per heavy atom. The van der Waals surface area contributed by atoms with E-state index >= 15 is 0 Å². The van der Waals surface area contributed by atoms with Crippen LogP contribution in [0, 0.1) is 0 Å². The molecule has 0 amide bonds. The second-order valence-corrected chi connectivity index (χ2v) is 3.86. The summed E-state index contributed by atoms with van der Waals surface area (Å²) in [7, 11) is 0. The van der Waals surface area contributed by atoms with E-state index in [1.165, 1.54) is 0 Å². The van der Waals surface area contributed by atoms with Crippen molar-refractivity contribution in [3.05, 3.63) is 34.9 Å². The number of nitrogen functional groups attached to an aromatic ring is 1. The average molecular weight is 261 g/mol. The first-order valence-electron chi connectivity index (χ1n) is 4.01. The molecule has 0 saturated heterocycles. The molecule has 13 heavy (non-hydrogen) atoms. The van der Waals surface area contributed by atoms with Gasteiger partial charge in [0.05, 0.1) is 0 Å². The first-order valence-corrected chi connectivity index (χ1v) is 5.51. The molecule has 2 N–H and O–H groups in total. The molecule has 0 aliphatic carbocycles. The molecular weight excluding hydrogens is 249 g/mol. The van der Waals surface area contributed by atoms with E-state index in [-0.39, 0.29) is 0 Å². The second-order valence-electron chi connectivity index (χ2n) is 2.66. The first-order chi connectivity index (χ1) is 6.24. The average Bonchev–Trinajstić information content (AvgIpc) is 2.09. The van der Waals surface area contributed by atoms with Gasteiger partial charge in [0.25, 0.3) is 0 Å². The highest BCUT2D eigenvalue weighted by Gasteiger charge is 1.95. The number of benzene rings is 1. The Balaban J connectivity index is 2.77. The normalized spacial score (nSPS) is 10.9. The summed E-state index contributed by atoms with van der Waals surface area (Å²) in [6.07, 6.45) is 5.08. The van der Waals surface area contributed by atoms with Gasteiger partial charge in [0.15, 0.2) is 0 Å². The Bertz CT molecular complexity index is 310. The van der Waals surface area contributed by atoms with Crippen LogP contribution in [0.3, 0.4) is 0 Å². The van der Waals surface area contributed by atoms with Crippen molar-refractivity contribution in [2.24, 2.45) is 0 Å². The molecule has 0 heterocycles. The number of alkyl halides is 1. The van der Waals surface area contributed by atoms with Crippen LogP contribution >= 0.6 is 27.5 Å². The fourth-order valence-electron chi connectivity index (χ4n) is 0.952. The number of rotatable bonds is 3. The minimum Gasteiger partial charge on any atom is -0.399 e. The van der Waals surface area contributed by atoms with Crippen molar-refractivity contribution in [3.8, 4) is 0 Å². The highest BCUT2D eigenvalue weighted by molar-refractivity contribution is 9.09. The summed E-state index contributed by atoms with van der Waals surface area (Å²) in [5.41, 5.74) is 7.27. The van der Waals surface area contributed by atoms with Crippen LogP contribution in [0.4, 0.5) is 5.69 Å². The SMILES string of the molecule is Nc1ccc(C=CCCBr)c(Cl)c1. The predicted molar refractivity (Wildman–Crippen MR) is 63.3 cm³/mol. The van der Waals surface area contributed by atoms with E-state index in [4.69, 9.17) is 17.3 Å². The minimum absolute atomic E-state index is 0.697. The van der Waals surface area contributed by atoms with Crippen molar-refractivity contribution in [3.63, 3.8) is 0 Å². The van der Waals surface area contributed by atoms with Gasteiger partial charge in [-0.15, -0.1) is 0 Å². The quantitative estimate of drug-likeness (QED) is 0.650. The van der Waals surface area contributed by atoms with Gasteiger partial charge < -0.3 is 5.73 Å². The number of hydrogen-bond acceptors (Lipinski definition) is 1. The Morgan fingerprint density at radius 2 is 2.23 bits per heavy atom. The zero-order valence-electron chi connectivity index (χ0n) is 7.13. The van der Waals surface area contributed by atoms with Gasteiger partial charge in [-0.1, -0.05) is 45.7 Å². The lowest BCUT2D eigenvalue weighted by molar-refractivity contribution is 1.27. The lowest BCUT2D eigenvalue weighted by Gasteiger charge is -1.98. The van der Waals surface area contributed by atoms with Gasteiger partial charge >= 0.3 is 0 Å². The van der Waals surface area contributed by atoms with Crippen molar-refractivity contribution in [2.75, 3.05) is 11.1 Å². The first kappa shape index (κ1) is 10.6. The molecule has 0 spiro atoms. The molecule has 0 bridgehead atoms. The molecule has 0 aliphatic rings. The van der Waals surface area contributed by atoms with Crippen molar-refractivity contribution >= 4 is 39.3 Å². The van der Waals surface area contributed by atoms with Crippen LogP contribution in [0.1, 0.15) is 12.0 Å². The van der Waals surface area contributed by atoms with Gasteiger partial charge in [0, 0.05) is 16.0 Å². The third kappa shape index (κ3) is 3.41. The summed E-state index contributed by atoms with van der Waals surface area (Å²) in [6.45, 7) is 0. The lowest BCUT2D eigenvalue weighted by Crippen LogP contribution is -1.84. The summed E-state index contributed by atoms with van der Waals surface area (Å²) in [6, 6.07) is 5.53. The van der Waals surface area contributed by atoms with Crippen molar-refractivity contribution in [2.45, 2.75) is 6.42 Å². The van der Waals surface area contributed by atoms with E-state index in [0.29, 0.717) is 10.7 Å². The molecule has 0 radical (unpaired) electrons. The summed E-state index contributed by atoms with van der Waals surface area (Å²) < 4.78 is 0. The fourth-order valence-corrected chi connectivity index (χ4v) is 1.47. The molecule has 1 rings (SSSR count). The molecule has 0 fully saturated rings. The summed E-state index contributed by atoms with van der Waals surface area (Å²) in [5.74, 6) is 0. The van der Waals surface area contributed by atoms with Crippen molar-refractivity contribution in [1.29, 1.82) is 0 Å². The largest absolute Gasteiger partial charge is 0.399 e. The number of allylic oxidation sites excluding steroid dienone is 1. The topological polar surface area (TPSA) is 26.0 Å². The van der Waals surface area contributed by atoms with Crippen LogP contribution in [0.25, 0.3) is 6.08 Å². The van der Waals surface area contributed by atoms with Crippen molar-refractivity contribution in [1.82, 2.24) is 0 Å². The molecule has 0 unspecified atom stereocenters. The highest BCUT2D eigenvalue weighted by Crippen LogP contribution is 2.20. The Hall–Kier alpha value is -0.470. The Kier molecular flexibility index (Phi) is 4.33. The van der Waals surface area contributed by atoms with Crippen molar-refractivity contribution < 1.29 is 0 Å². The highest BCUT2D eigenvalue weighted by atomic mass is 79.9. The zero-order valence-corrected chi connectivity index (χ0v) is 9.48. The fraction of sp³-hybridized carbons (Fsp3) is 0.200. The maximum absolute atomic E-state index is 5.97. The van der Waals surface area contributed by atoms with Crippen LogP contribution < -0.4 is 5.73 Å². The van der Waals surface area contributed by atoms with Gasteiger partial charge in [-0.25, -0.2) is 0 Å². The summed E-state index contributed by atoms with van der Waals surface area (Å²) in [5, 5.41) is 1.67. The number of anilines is 1. The smallest absolute Gasteiger partial charge is 0.0498 e. The third-order valence-corrected chi connectivity index (χ3v) is 2.38. The number of hydrogen-bond donors (Lipinski definition) is 1. The van der Waals surface area contributed by atoms with E-state index in [1.54, 1.807) is 6.07 Å². The van der Waals surface area contributed by atoms with E-state index in [1.807, 2.05) is 18.2 Å². The van der Waals surface area contributed by atoms with Crippen LogP contribution in [0.15, 0.2) is 24.3 Å². The molecule has 70 valence electrons. The van der Waals surface area contributed by atoms with E-state index in [0.717, 1.165) is 17.3 Å². The molecule has 0 aromatic heterocycles. The number of nitrogens with two attached hydrogens (primary N) is 1. The molecule has 0 saturated carbocycles. The van der Waals surface area contributed by atoms with Crippen LogP contribution in [0.2, 0.25) is 5.02 Å². The van der Waals surface area contributed by atoms with Gasteiger partial charge in [-0.05, 0) is 24.1 Å². The van der Waals surface area contributed by atoms with E-state index in [2.05, 4.69) is 22.0 Å². The Morgan fingerprint density at radius 1 is 1.46 bits per heavy atom. The maximum atomic E-state index is 5.97. The van der Waals surface area contributed by atoms with E-state index < -0.39 is 0 Å². The van der Waals surface area contributed by atoms with Crippen LogP contribution in [0.5, 0.6) is 0 Å². The molecule has 1 nitrogen and oxygen atoms in total. The molecule has 1 aromatic carbocycles. The standard InChI is InChI=1S/C10H11BrClN/c11-6-2-1-3-8-4-5-9(13)7-10(8)12/h1,3-5,7H,2,6,13H2. The summed E-state index contributed by atoms with van der Waals surface area (Å²) >= 11 is 9.31. The predicted octanol–water partition coefficient (Wildman–Crippen LogP) is 3.72. The monoisotopic (exact) mass is 259 g/mol. The lowest BCUT2D eigenvalue weighted by atomic mass is 10.2. The van der Waals surface area contributed by atoms with Crippen LogP contribution in [-0.4, -0.2) is 5.33 Å². The molecule has 1 aromatic rings. The van der Waals surface area contributed by atoms with Gasteiger partial charge in [-0.2, -0.15) is 0 Å². The zero-order chi connectivity index (χ0) is 9.68. The van der Waals surface area contributed by atoms with E-state index in [9.17, 15) is 0 Å². The minimum atomic E-state index is 0.697. The Labute approximate surface area is 91.7 Å². The summed E-state index contributed by atoms with van der Waals surface area (Å²) in [4.78, 5) is 0. The van der Waals surface area contributed by atoms with Crippen LogP contribution in [-0.2, 0) is 0 Å². The van der Waals surface area contributed by atoms with Gasteiger partial charge in [0.2, 0.25) is 0 Å². The maximum Gasteiger partial charge on any atom is 0.0498 e. The third-order valence-electron chi connectivity index (χ3n) is 1.60. The van der Waals surface area contributed by atoms with Gasteiger partial charge in [-0.3, -0.25) is 0 Å². The molecule has 3 heteroatoms. The molecular formula is C10H11BrClN. The molecule has 0 atom stereocenters. The van der Waals surface area contributed by atoms with Gasteiger partial charge in [0.1, 0.15) is 0 Å².